The fourth-order valence-corrected chi connectivity index (χ4v) is 1.52. The molecule has 4 nitrogen and oxygen atoms in total. The molecule has 0 aliphatic carbocycles. The lowest BCUT2D eigenvalue weighted by Crippen LogP contribution is -2.09. The van der Waals surface area contributed by atoms with Crippen LogP contribution in [0.1, 0.15) is 38.9 Å². The molecule has 1 aromatic heterocycles. The molecule has 2 N–H and O–H groups in total. The van der Waals surface area contributed by atoms with Gasteiger partial charge in [-0.25, -0.2) is 0 Å². The van der Waals surface area contributed by atoms with E-state index in [0.717, 1.165) is 6.42 Å². The number of hydrogen-bond acceptors (Lipinski definition) is 3. The van der Waals surface area contributed by atoms with Crippen molar-refractivity contribution in [2.24, 2.45) is 0 Å². The van der Waals surface area contributed by atoms with Crippen LogP contribution < -0.4 is 10.5 Å². The number of nitrogens with two attached hydrogens (primary N) is 1. The molecule has 82 valence electrons. The minimum Gasteiger partial charge on any atom is -0.478 e. The molecule has 4 heteroatoms. The van der Waals surface area contributed by atoms with E-state index in [2.05, 4.69) is 13.0 Å². The van der Waals surface area contributed by atoms with Crippen LogP contribution in [0.15, 0.2) is 6.07 Å². The molecule has 0 saturated heterocycles. The van der Waals surface area contributed by atoms with Gasteiger partial charge in [-0.3, -0.25) is 4.57 Å². The Kier molecular flexibility index (Phi) is 3.62. The Morgan fingerprint density at radius 1 is 1.60 bits per heavy atom. The van der Waals surface area contributed by atoms with Crippen LogP contribution in [0.2, 0.25) is 0 Å². The van der Waals surface area contributed by atoms with E-state index < -0.39 is 0 Å². The smallest absolute Gasteiger partial charge is 0.218 e. The van der Waals surface area contributed by atoms with Gasteiger partial charge in [0.15, 0.2) is 0 Å². The predicted octanol–water partition coefficient (Wildman–Crippen LogP) is 2.31. The summed E-state index contributed by atoms with van der Waals surface area (Å²) in [6.07, 6.45) is 0.933. The monoisotopic (exact) mass is 207 g/mol. The number of nitrogen functional groups attached to an aromatic ring is 1. The van der Waals surface area contributed by atoms with Crippen LogP contribution in [0, 0.1) is 11.3 Å². The van der Waals surface area contributed by atoms with Gasteiger partial charge in [0.25, 0.3) is 0 Å². The van der Waals surface area contributed by atoms with Crippen LogP contribution in [0.3, 0.4) is 0 Å². The summed E-state index contributed by atoms with van der Waals surface area (Å²) >= 11 is 0. The van der Waals surface area contributed by atoms with Crippen LogP contribution in [0.25, 0.3) is 0 Å². The maximum absolute atomic E-state index is 8.99. The molecule has 0 saturated carbocycles. The summed E-state index contributed by atoms with van der Waals surface area (Å²) < 4.78 is 7.32. The van der Waals surface area contributed by atoms with Gasteiger partial charge in [-0.2, -0.15) is 5.26 Å². The first kappa shape index (κ1) is 11.4. The van der Waals surface area contributed by atoms with Crippen molar-refractivity contribution in [1.82, 2.24) is 4.57 Å². The summed E-state index contributed by atoms with van der Waals surface area (Å²) in [7, 11) is 0. The molecule has 0 radical (unpaired) electrons. The Bertz CT molecular complexity index is 376. The van der Waals surface area contributed by atoms with Gasteiger partial charge in [0.2, 0.25) is 5.88 Å². The third-order valence-electron chi connectivity index (χ3n) is 2.44. The van der Waals surface area contributed by atoms with E-state index in [1.54, 1.807) is 6.07 Å². The van der Waals surface area contributed by atoms with Gasteiger partial charge in [0.05, 0.1) is 12.3 Å². The molecule has 1 heterocycles. The van der Waals surface area contributed by atoms with Crippen LogP contribution in [-0.2, 0) is 0 Å². The molecule has 0 aliphatic heterocycles. The highest BCUT2D eigenvalue weighted by Gasteiger charge is 2.17. The summed E-state index contributed by atoms with van der Waals surface area (Å²) in [6.45, 7) is 6.56. The molecule has 1 atom stereocenters. The van der Waals surface area contributed by atoms with Crippen molar-refractivity contribution < 1.29 is 4.74 Å². The normalized spacial score (nSPS) is 12.1. The number of rotatable bonds is 4. The van der Waals surface area contributed by atoms with Gasteiger partial charge in [-0.1, -0.05) is 6.92 Å². The fraction of sp³-hybridized carbons (Fsp3) is 0.545. The van der Waals surface area contributed by atoms with E-state index in [0.29, 0.717) is 23.9 Å². The molecule has 0 fully saturated rings. The van der Waals surface area contributed by atoms with E-state index in [-0.39, 0.29) is 6.04 Å². The minimum absolute atomic E-state index is 0.221. The van der Waals surface area contributed by atoms with Crippen LogP contribution in [-0.4, -0.2) is 11.2 Å². The molecular formula is C11H17N3O. The second kappa shape index (κ2) is 4.74. The lowest BCUT2D eigenvalue weighted by atomic mass is 10.2. The molecule has 0 unspecified atom stereocenters. The fourth-order valence-electron chi connectivity index (χ4n) is 1.52. The number of aromatic nitrogens is 1. The lowest BCUT2D eigenvalue weighted by Gasteiger charge is -2.16. The lowest BCUT2D eigenvalue weighted by molar-refractivity contribution is 0.299. The Hall–Kier alpha value is -1.63. The Morgan fingerprint density at radius 2 is 2.27 bits per heavy atom. The number of nitriles is 1. The first-order valence-electron chi connectivity index (χ1n) is 5.19. The second-order valence-electron chi connectivity index (χ2n) is 3.46. The van der Waals surface area contributed by atoms with Crippen molar-refractivity contribution in [1.29, 1.82) is 5.26 Å². The van der Waals surface area contributed by atoms with Crippen LogP contribution in [0.4, 0.5) is 5.69 Å². The minimum atomic E-state index is 0.221. The van der Waals surface area contributed by atoms with Gasteiger partial charge in [-0.05, 0) is 20.3 Å². The van der Waals surface area contributed by atoms with Crippen molar-refractivity contribution >= 4 is 5.69 Å². The predicted molar refractivity (Wildman–Crippen MR) is 59.7 cm³/mol. The quantitative estimate of drug-likeness (QED) is 0.824. The summed E-state index contributed by atoms with van der Waals surface area (Å²) in [4.78, 5) is 0. The van der Waals surface area contributed by atoms with E-state index >= 15 is 0 Å². The van der Waals surface area contributed by atoms with E-state index in [9.17, 15) is 0 Å². The van der Waals surface area contributed by atoms with E-state index in [4.69, 9.17) is 15.7 Å². The van der Waals surface area contributed by atoms with Crippen LogP contribution >= 0.6 is 0 Å². The molecule has 0 spiro atoms. The van der Waals surface area contributed by atoms with Crippen molar-refractivity contribution in [2.45, 2.75) is 33.2 Å². The van der Waals surface area contributed by atoms with Gasteiger partial charge in [0, 0.05) is 12.1 Å². The molecule has 15 heavy (non-hydrogen) atoms. The molecule has 1 aromatic rings. The zero-order chi connectivity index (χ0) is 11.4. The zero-order valence-electron chi connectivity index (χ0n) is 9.45. The molecular weight excluding hydrogens is 190 g/mol. The molecule has 0 bridgehead atoms. The number of hydrogen-bond donors (Lipinski definition) is 1. The third-order valence-corrected chi connectivity index (χ3v) is 2.44. The number of ether oxygens (including phenoxy) is 1. The van der Waals surface area contributed by atoms with Gasteiger partial charge < -0.3 is 10.5 Å². The summed E-state index contributed by atoms with van der Waals surface area (Å²) in [5.41, 5.74) is 6.90. The van der Waals surface area contributed by atoms with Crippen LogP contribution in [0.5, 0.6) is 5.88 Å². The zero-order valence-corrected chi connectivity index (χ0v) is 9.45. The Labute approximate surface area is 90.3 Å². The topological polar surface area (TPSA) is 64.0 Å². The standard InChI is InChI=1S/C11H17N3O/c1-4-8(3)14-9(7-12)6-10(13)11(14)15-5-2/h6,8H,4-5,13H2,1-3H3/t8-/m1/s1. The highest BCUT2D eigenvalue weighted by molar-refractivity contribution is 5.55. The summed E-state index contributed by atoms with van der Waals surface area (Å²) in [6, 6.07) is 4.02. The maximum atomic E-state index is 8.99. The van der Waals surface area contributed by atoms with E-state index in [1.807, 2.05) is 18.4 Å². The largest absolute Gasteiger partial charge is 0.478 e. The molecule has 0 aliphatic rings. The van der Waals surface area contributed by atoms with Crippen molar-refractivity contribution in [2.75, 3.05) is 12.3 Å². The number of anilines is 1. The van der Waals surface area contributed by atoms with Gasteiger partial charge in [0.1, 0.15) is 11.8 Å². The molecule has 0 amide bonds. The Balaban J connectivity index is 3.24. The SMILES string of the molecule is CCOc1c(N)cc(C#N)n1[C@H](C)CC. The van der Waals surface area contributed by atoms with Crippen molar-refractivity contribution in [3.05, 3.63) is 11.8 Å². The third kappa shape index (κ3) is 2.07. The average Bonchev–Trinajstić information content (AvgIpc) is 2.55. The van der Waals surface area contributed by atoms with Gasteiger partial charge in [-0.15, -0.1) is 0 Å². The highest BCUT2D eigenvalue weighted by Crippen LogP contribution is 2.31. The second-order valence-corrected chi connectivity index (χ2v) is 3.46. The Morgan fingerprint density at radius 3 is 2.73 bits per heavy atom. The first-order chi connectivity index (χ1) is 7.15. The first-order valence-corrected chi connectivity index (χ1v) is 5.19. The van der Waals surface area contributed by atoms with Gasteiger partial charge >= 0.3 is 0 Å². The number of nitrogens with zero attached hydrogens (tertiary/aromatic N) is 2. The highest BCUT2D eigenvalue weighted by atomic mass is 16.5. The van der Waals surface area contributed by atoms with E-state index in [1.165, 1.54) is 0 Å². The van der Waals surface area contributed by atoms with Crippen molar-refractivity contribution in [3.63, 3.8) is 0 Å². The average molecular weight is 207 g/mol. The summed E-state index contributed by atoms with van der Waals surface area (Å²) in [5.74, 6) is 0.614. The maximum Gasteiger partial charge on any atom is 0.218 e. The molecule has 1 rings (SSSR count). The molecule has 0 aromatic carbocycles. The summed E-state index contributed by atoms with van der Waals surface area (Å²) in [5, 5.41) is 8.99. The van der Waals surface area contributed by atoms with Crippen molar-refractivity contribution in [3.8, 4) is 11.9 Å².